The first-order chi connectivity index (χ1) is 14.0. The van der Waals surface area contributed by atoms with Gasteiger partial charge in [-0.25, -0.2) is 0 Å². The van der Waals surface area contributed by atoms with Crippen LogP contribution >= 0.6 is 23.4 Å². The van der Waals surface area contributed by atoms with Gasteiger partial charge in [-0.05, 0) is 36.6 Å². The topological polar surface area (TPSA) is 49.4 Å². The molecule has 1 atom stereocenters. The highest BCUT2D eigenvalue weighted by molar-refractivity contribution is 7.98. The first kappa shape index (κ1) is 23.3. The number of rotatable bonds is 11. The molecule has 0 bridgehead atoms. The minimum Gasteiger partial charge on any atom is -0.354 e. The van der Waals surface area contributed by atoms with Crippen LogP contribution in [0.1, 0.15) is 37.8 Å². The SMILES string of the molecule is CCCNC(=O)C(C)N(Cc1cccc(Cl)c1)C(=O)CCSCc1ccccc1. The van der Waals surface area contributed by atoms with Crippen molar-refractivity contribution in [3.05, 3.63) is 70.7 Å². The second-order valence-electron chi connectivity index (χ2n) is 6.91. The molecule has 1 unspecified atom stereocenters. The number of hydrogen-bond acceptors (Lipinski definition) is 3. The van der Waals surface area contributed by atoms with Crippen LogP contribution in [0.2, 0.25) is 5.02 Å². The quantitative estimate of drug-likeness (QED) is 0.513. The summed E-state index contributed by atoms with van der Waals surface area (Å²) in [4.78, 5) is 27.1. The molecule has 0 saturated heterocycles. The second-order valence-corrected chi connectivity index (χ2v) is 8.45. The Morgan fingerprint density at radius 1 is 1.10 bits per heavy atom. The maximum Gasteiger partial charge on any atom is 0.242 e. The molecule has 0 spiro atoms. The van der Waals surface area contributed by atoms with E-state index in [1.807, 2.05) is 43.3 Å². The van der Waals surface area contributed by atoms with Gasteiger partial charge in [0, 0.05) is 36.0 Å². The molecule has 0 saturated carbocycles. The third kappa shape index (κ3) is 8.11. The first-order valence-corrected chi connectivity index (χ1v) is 11.5. The van der Waals surface area contributed by atoms with Crippen molar-refractivity contribution in [2.24, 2.45) is 0 Å². The monoisotopic (exact) mass is 432 g/mol. The van der Waals surface area contributed by atoms with Crippen LogP contribution in [-0.4, -0.2) is 35.1 Å². The van der Waals surface area contributed by atoms with Gasteiger partial charge in [0.25, 0.3) is 0 Å². The van der Waals surface area contributed by atoms with E-state index in [1.165, 1.54) is 5.56 Å². The molecule has 2 aromatic rings. The van der Waals surface area contributed by atoms with Gasteiger partial charge in [-0.1, -0.05) is 61.0 Å². The van der Waals surface area contributed by atoms with Crippen LogP contribution in [0, 0.1) is 0 Å². The Kier molecular flexibility index (Phi) is 10.1. The molecular formula is C23H29ClN2O2S. The fraction of sp³-hybridized carbons (Fsp3) is 0.391. The standard InChI is InChI=1S/C23H29ClN2O2S/c1-3-13-25-23(28)18(2)26(16-20-10-7-11-21(24)15-20)22(27)12-14-29-17-19-8-5-4-6-9-19/h4-11,15,18H,3,12-14,16-17H2,1-2H3,(H,25,28). The molecule has 2 aromatic carbocycles. The van der Waals surface area contributed by atoms with Crippen molar-refractivity contribution < 1.29 is 9.59 Å². The number of carbonyl (C=O) groups is 2. The zero-order valence-corrected chi connectivity index (χ0v) is 18.6. The minimum absolute atomic E-state index is 0.0234. The lowest BCUT2D eigenvalue weighted by molar-refractivity contribution is -0.140. The third-order valence-electron chi connectivity index (χ3n) is 4.53. The minimum atomic E-state index is -0.535. The molecule has 0 fully saturated rings. The van der Waals surface area contributed by atoms with Crippen LogP contribution in [0.3, 0.4) is 0 Å². The summed E-state index contributed by atoms with van der Waals surface area (Å²) in [6.45, 7) is 4.76. The van der Waals surface area contributed by atoms with Crippen LogP contribution < -0.4 is 5.32 Å². The molecule has 156 valence electrons. The molecule has 0 aliphatic carbocycles. The normalized spacial score (nSPS) is 11.7. The summed E-state index contributed by atoms with van der Waals surface area (Å²) in [6.07, 6.45) is 1.25. The third-order valence-corrected chi connectivity index (χ3v) is 5.80. The summed E-state index contributed by atoms with van der Waals surface area (Å²) in [6, 6.07) is 17.1. The highest BCUT2D eigenvalue weighted by Gasteiger charge is 2.25. The predicted octanol–water partition coefficient (Wildman–Crippen LogP) is 4.91. The van der Waals surface area contributed by atoms with E-state index >= 15 is 0 Å². The summed E-state index contributed by atoms with van der Waals surface area (Å²) in [7, 11) is 0. The Labute approximate surface area is 183 Å². The Morgan fingerprint density at radius 3 is 2.52 bits per heavy atom. The van der Waals surface area contributed by atoms with Gasteiger partial charge < -0.3 is 10.2 Å². The Hall–Kier alpha value is -1.98. The van der Waals surface area contributed by atoms with E-state index in [4.69, 9.17) is 11.6 Å². The van der Waals surface area contributed by atoms with Crippen molar-refractivity contribution in [3.63, 3.8) is 0 Å². The van der Waals surface area contributed by atoms with Crippen LogP contribution in [0.5, 0.6) is 0 Å². The number of thioether (sulfide) groups is 1. The number of halogens is 1. The highest BCUT2D eigenvalue weighted by Crippen LogP contribution is 2.17. The molecule has 6 heteroatoms. The predicted molar refractivity (Wildman–Crippen MR) is 122 cm³/mol. The van der Waals surface area contributed by atoms with Crippen LogP contribution in [-0.2, 0) is 21.9 Å². The first-order valence-electron chi connectivity index (χ1n) is 9.94. The molecule has 0 aromatic heterocycles. The highest BCUT2D eigenvalue weighted by atomic mass is 35.5. The zero-order chi connectivity index (χ0) is 21.1. The number of amides is 2. The second kappa shape index (κ2) is 12.6. The zero-order valence-electron chi connectivity index (χ0n) is 17.1. The van der Waals surface area contributed by atoms with E-state index < -0.39 is 6.04 Å². The molecule has 1 N–H and O–H groups in total. The lowest BCUT2D eigenvalue weighted by Crippen LogP contribution is -2.47. The molecule has 4 nitrogen and oxygen atoms in total. The van der Waals surface area contributed by atoms with Gasteiger partial charge in [0.15, 0.2) is 0 Å². The summed E-state index contributed by atoms with van der Waals surface area (Å²) in [5.41, 5.74) is 2.16. The van der Waals surface area contributed by atoms with Gasteiger partial charge in [0.05, 0.1) is 0 Å². The van der Waals surface area contributed by atoms with Crippen LogP contribution in [0.25, 0.3) is 0 Å². The van der Waals surface area contributed by atoms with Gasteiger partial charge in [0.2, 0.25) is 11.8 Å². The summed E-state index contributed by atoms with van der Waals surface area (Å²) in [5.74, 6) is 1.43. The van der Waals surface area contributed by atoms with E-state index in [-0.39, 0.29) is 11.8 Å². The number of hydrogen-bond donors (Lipinski definition) is 1. The molecule has 0 heterocycles. The van der Waals surface area contributed by atoms with Gasteiger partial charge in [-0.15, -0.1) is 0 Å². The van der Waals surface area contributed by atoms with Gasteiger partial charge >= 0.3 is 0 Å². The smallest absolute Gasteiger partial charge is 0.242 e. The molecular weight excluding hydrogens is 404 g/mol. The number of benzene rings is 2. The molecule has 2 amide bonds. The lowest BCUT2D eigenvalue weighted by atomic mass is 10.1. The van der Waals surface area contributed by atoms with Gasteiger partial charge in [0.1, 0.15) is 6.04 Å². The Morgan fingerprint density at radius 2 is 1.83 bits per heavy atom. The van der Waals surface area contributed by atoms with Crippen molar-refractivity contribution in [2.45, 2.75) is 45.0 Å². The number of carbonyl (C=O) groups excluding carboxylic acids is 2. The average molecular weight is 433 g/mol. The van der Waals surface area contributed by atoms with Gasteiger partial charge in [-0.2, -0.15) is 11.8 Å². The summed E-state index contributed by atoms with van der Waals surface area (Å²) < 4.78 is 0. The van der Waals surface area contributed by atoms with E-state index in [1.54, 1.807) is 29.7 Å². The van der Waals surface area contributed by atoms with E-state index in [0.717, 1.165) is 17.7 Å². The molecule has 29 heavy (non-hydrogen) atoms. The molecule has 0 aliphatic heterocycles. The van der Waals surface area contributed by atoms with E-state index in [2.05, 4.69) is 17.4 Å². The molecule has 2 rings (SSSR count). The van der Waals surface area contributed by atoms with Crippen molar-refractivity contribution in [2.75, 3.05) is 12.3 Å². The van der Waals surface area contributed by atoms with Crippen molar-refractivity contribution in [1.82, 2.24) is 10.2 Å². The van der Waals surface area contributed by atoms with Crippen LogP contribution in [0.4, 0.5) is 0 Å². The number of nitrogens with zero attached hydrogens (tertiary/aromatic N) is 1. The Bertz CT molecular complexity index is 785. The van der Waals surface area contributed by atoms with E-state index in [0.29, 0.717) is 30.3 Å². The van der Waals surface area contributed by atoms with Crippen molar-refractivity contribution >= 4 is 35.2 Å². The van der Waals surface area contributed by atoms with Crippen molar-refractivity contribution in [3.8, 4) is 0 Å². The fourth-order valence-corrected chi connectivity index (χ4v) is 3.98. The summed E-state index contributed by atoms with van der Waals surface area (Å²) in [5, 5.41) is 3.51. The Balaban J connectivity index is 1.98. The van der Waals surface area contributed by atoms with E-state index in [9.17, 15) is 9.59 Å². The maximum absolute atomic E-state index is 13.0. The van der Waals surface area contributed by atoms with Crippen LogP contribution in [0.15, 0.2) is 54.6 Å². The van der Waals surface area contributed by atoms with Gasteiger partial charge in [-0.3, -0.25) is 9.59 Å². The fourth-order valence-electron chi connectivity index (χ4n) is 2.88. The largest absolute Gasteiger partial charge is 0.354 e. The lowest BCUT2D eigenvalue weighted by Gasteiger charge is -2.29. The van der Waals surface area contributed by atoms with Crippen molar-refractivity contribution in [1.29, 1.82) is 0 Å². The maximum atomic E-state index is 13.0. The average Bonchev–Trinajstić information content (AvgIpc) is 2.73. The molecule has 0 aliphatic rings. The number of nitrogens with one attached hydrogen (secondary N) is 1. The molecule has 0 radical (unpaired) electrons. The summed E-state index contributed by atoms with van der Waals surface area (Å²) >= 11 is 7.82.